The molecule has 0 bridgehead atoms. The van der Waals surface area contributed by atoms with Crippen LogP contribution in [0, 0.1) is 12.3 Å². The number of aryl methyl sites for hydroxylation is 1. The van der Waals surface area contributed by atoms with E-state index in [0.29, 0.717) is 11.0 Å². The lowest BCUT2D eigenvalue weighted by Crippen LogP contribution is -2.34. The maximum atomic E-state index is 13.0. The summed E-state index contributed by atoms with van der Waals surface area (Å²) in [4.78, 5) is 25.9. The van der Waals surface area contributed by atoms with Crippen LogP contribution in [0.5, 0.6) is 0 Å². The molecule has 5 heteroatoms. The highest BCUT2D eigenvalue weighted by Crippen LogP contribution is 2.44. The van der Waals surface area contributed by atoms with Gasteiger partial charge in [0, 0.05) is 18.7 Å². The first-order valence-electron chi connectivity index (χ1n) is 9.09. The number of furan rings is 1. The Labute approximate surface area is 143 Å². The molecule has 2 fully saturated rings. The molecule has 1 spiro atoms. The SMILES string of the molecule is Cc1coc(CC(=O)O)c1C(=O)N1CCCC2(CCCCC2)CC1. The Morgan fingerprint density at radius 2 is 1.83 bits per heavy atom. The van der Waals surface area contributed by atoms with Gasteiger partial charge in [-0.15, -0.1) is 0 Å². The van der Waals surface area contributed by atoms with E-state index in [0.717, 1.165) is 31.5 Å². The molecule has 1 amide bonds. The highest BCUT2D eigenvalue weighted by Gasteiger charge is 2.35. The molecule has 1 saturated heterocycles. The number of nitrogens with zero attached hydrogens (tertiary/aromatic N) is 1. The summed E-state index contributed by atoms with van der Waals surface area (Å²) in [6.45, 7) is 3.34. The smallest absolute Gasteiger partial charge is 0.311 e. The molecule has 2 heterocycles. The predicted octanol–water partition coefficient (Wildman–Crippen LogP) is 3.79. The van der Waals surface area contributed by atoms with Crippen molar-refractivity contribution in [1.82, 2.24) is 4.90 Å². The number of amides is 1. The van der Waals surface area contributed by atoms with E-state index in [2.05, 4.69) is 0 Å². The van der Waals surface area contributed by atoms with Crippen molar-refractivity contribution in [2.75, 3.05) is 13.1 Å². The van der Waals surface area contributed by atoms with Gasteiger partial charge in [0.05, 0.1) is 11.8 Å². The third-order valence-electron chi connectivity index (χ3n) is 5.83. The molecule has 3 rings (SSSR count). The maximum Gasteiger partial charge on any atom is 0.311 e. The number of carboxylic acid groups (broad SMARTS) is 1. The first-order valence-corrected chi connectivity index (χ1v) is 9.09. The summed E-state index contributed by atoms with van der Waals surface area (Å²) in [6.07, 6.45) is 11.1. The number of likely N-dealkylation sites (tertiary alicyclic amines) is 1. The molecule has 0 radical (unpaired) electrons. The Kier molecular flexibility index (Phi) is 4.97. The van der Waals surface area contributed by atoms with Gasteiger partial charge in [-0.05, 0) is 44.4 Å². The van der Waals surface area contributed by atoms with Crippen LogP contribution in [-0.2, 0) is 11.2 Å². The van der Waals surface area contributed by atoms with E-state index in [1.807, 2.05) is 11.8 Å². The third-order valence-corrected chi connectivity index (χ3v) is 5.83. The van der Waals surface area contributed by atoms with Crippen molar-refractivity contribution in [3.8, 4) is 0 Å². The molecular formula is C19H27NO4. The van der Waals surface area contributed by atoms with Crippen LogP contribution in [-0.4, -0.2) is 35.0 Å². The number of hydrogen-bond acceptors (Lipinski definition) is 3. The van der Waals surface area contributed by atoms with Gasteiger partial charge in [-0.1, -0.05) is 19.3 Å². The molecule has 5 nitrogen and oxygen atoms in total. The van der Waals surface area contributed by atoms with Crippen molar-refractivity contribution in [3.63, 3.8) is 0 Å². The van der Waals surface area contributed by atoms with Crippen LogP contribution in [0.15, 0.2) is 10.7 Å². The number of hydrogen-bond donors (Lipinski definition) is 1. The van der Waals surface area contributed by atoms with Gasteiger partial charge in [-0.3, -0.25) is 9.59 Å². The average molecular weight is 333 g/mol. The molecule has 0 atom stereocenters. The second-order valence-electron chi connectivity index (χ2n) is 7.49. The van der Waals surface area contributed by atoms with Crippen molar-refractivity contribution in [1.29, 1.82) is 0 Å². The Morgan fingerprint density at radius 3 is 2.54 bits per heavy atom. The summed E-state index contributed by atoms with van der Waals surface area (Å²) in [7, 11) is 0. The number of aliphatic carboxylic acids is 1. The van der Waals surface area contributed by atoms with Gasteiger partial charge < -0.3 is 14.4 Å². The van der Waals surface area contributed by atoms with Gasteiger partial charge >= 0.3 is 5.97 Å². The minimum atomic E-state index is -0.976. The van der Waals surface area contributed by atoms with E-state index >= 15 is 0 Å². The largest absolute Gasteiger partial charge is 0.481 e. The lowest BCUT2D eigenvalue weighted by Gasteiger charge is -2.36. The van der Waals surface area contributed by atoms with E-state index in [1.165, 1.54) is 44.8 Å². The number of rotatable bonds is 3. The lowest BCUT2D eigenvalue weighted by molar-refractivity contribution is -0.136. The Balaban J connectivity index is 1.74. The van der Waals surface area contributed by atoms with Crippen molar-refractivity contribution in [2.45, 2.75) is 64.7 Å². The van der Waals surface area contributed by atoms with Gasteiger partial charge in [0.2, 0.25) is 0 Å². The van der Waals surface area contributed by atoms with Crippen LogP contribution < -0.4 is 0 Å². The molecule has 1 aliphatic heterocycles. The average Bonchev–Trinajstić information content (AvgIpc) is 2.78. The monoisotopic (exact) mass is 333 g/mol. The minimum absolute atomic E-state index is 0.0645. The number of carbonyl (C=O) groups excluding carboxylic acids is 1. The lowest BCUT2D eigenvalue weighted by atomic mass is 9.69. The van der Waals surface area contributed by atoms with Crippen molar-refractivity contribution in [2.24, 2.45) is 5.41 Å². The van der Waals surface area contributed by atoms with Crippen LogP contribution in [0.1, 0.15) is 73.0 Å². The van der Waals surface area contributed by atoms with Crippen molar-refractivity contribution >= 4 is 11.9 Å². The first-order chi connectivity index (χ1) is 11.5. The molecule has 2 aliphatic rings. The van der Waals surface area contributed by atoms with Gasteiger partial charge in [-0.2, -0.15) is 0 Å². The fraction of sp³-hybridized carbons (Fsp3) is 0.684. The number of carbonyl (C=O) groups is 2. The zero-order valence-electron chi connectivity index (χ0n) is 14.5. The van der Waals surface area contributed by atoms with Gasteiger partial charge in [0.1, 0.15) is 12.2 Å². The molecule has 1 aromatic rings. The zero-order chi connectivity index (χ0) is 17.2. The quantitative estimate of drug-likeness (QED) is 0.913. The van der Waals surface area contributed by atoms with E-state index in [4.69, 9.17) is 9.52 Å². The minimum Gasteiger partial charge on any atom is -0.481 e. The molecule has 24 heavy (non-hydrogen) atoms. The van der Waals surface area contributed by atoms with Crippen LogP contribution in [0.2, 0.25) is 0 Å². The highest BCUT2D eigenvalue weighted by atomic mass is 16.4. The Morgan fingerprint density at radius 1 is 1.12 bits per heavy atom. The highest BCUT2D eigenvalue weighted by molar-refractivity contribution is 5.97. The van der Waals surface area contributed by atoms with E-state index in [9.17, 15) is 9.59 Å². The summed E-state index contributed by atoms with van der Waals surface area (Å²) in [5.41, 5.74) is 1.62. The molecule has 0 aromatic carbocycles. The van der Waals surface area contributed by atoms with Gasteiger partial charge in [0.15, 0.2) is 0 Å². The molecule has 0 unspecified atom stereocenters. The van der Waals surface area contributed by atoms with E-state index in [1.54, 1.807) is 0 Å². The molecule has 1 aliphatic carbocycles. The molecule has 1 N–H and O–H groups in total. The summed E-state index contributed by atoms with van der Waals surface area (Å²) < 4.78 is 5.33. The molecule has 1 saturated carbocycles. The van der Waals surface area contributed by atoms with E-state index in [-0.39, 0.29) is 18.1 Å². The second kappa shape index (κ2) is 6.99. The first kappa shape index (κ1) is 17.1. The molecule has 1 aromatic heterocycles. The normalized spacial score (nSPS) is 20.8. The van der Waals surface area contributed by atoms with Crippen molar-refractivity contribution in [3.05, 3.63) is 23.2 Å². The van der Waals surface area contributed by atoms with Crippen LogP contribution in [0.3, 0.4) is 0 Å². The molecule has 132 valence electrons. The summed E-state index contributed by atoms with van der Waals surface area (Å²) in [5.74, 6) is -0.762. The van der Waals surface area contributed by atoms with Crippen LogP contribution in [0.4, 0.5) is 0 Å². The number of carboxylic acids is 1. The summed E-state index contributed by atoms with van der Waals surface area (Å²) in [6, 6.07) is 0. The Hall–Kier alpha value is -1.78. The van der Waals surface area contributed by atoms with Gasteiger partial charge in [-0.25, -0.2) is 0 Å². The van der Waals surface area contributed by atoms with Crippen LogP contribution >= 0.6 is 0 Å². The van der Waals surface area contributed by atoms with E-state index < -0.39 is 5.97 Å². The zero-order valence-corrected chi connectivity index (χ0v) is 14.5. The predicted molar refractivity (Wildman–Crippen MR) is 90.1 cm³/mol. The standard InChI is InChI=1S/C19H27NO4/c1-14-13-24-15(12-16(21)22)17(14)18(23)20-10-5-8-19(9-11-20)6-3-2-4-7-19/h13H,2-12H2,1H3,(H,21,22). The fourth-order valence-corrected chi connectivity index (χ4v) is 4.47. The molecular weight excluding hydrogens is 306 g/mol. The second-order valence-corrected chi connectivity index (χ2v) is 7.49. The topological polar surface area (TPSA) is 70.7 Å². The maximum absolute atomic E-state index is 13.0. The fourth-order valence-electron chi connectivity index (χ4n) is 4.47. The Bertz CT molecular complexity index is 613. The summed E-state index contributed by atoms with van der Waals surface area (Å²) in [5, 5.41) is 9.02. The van der Waals surface area contributed by atoms with Gasteiger partial charge in [0.25, 0.3) is 5.91 Å². The third kappa shape index (κ3) is 3.50. The summed E-state index contributed by atoms with van der Waals surface area (Å²) >= 11 is 0. The van der Waals surface area contributed by atoms with Crippen molar-refractivity contribution < 1.29 is 19.1 Å². The van der Waals surface area contributed by atoms with Crippen LogP contribution in [0.25, 0.3) is 0 Å².